The summed E-state index contributed by atoms with van der Waals surface area (Å²) in [6.45, 7) is 4.29. The highest BCUT2D eigenvalue weighted by molar-refractivity contribution is 6.22. The van der Waals surface area contributed by atoms with Crippen LogP contribution in [0.5, 0.6) is 0 Å². The average molecular weight is 440 g/mol. The summed E-state index contributed by atoms with van der Waals surface area (Å²) in [5.41, 5.74) is 0.773. The maximum atomic E-state index is 12.9. The maximum absolute atomic E-state index is 12.9. The second kappa shape index (κ2) is 10.3. The Morgan fingerprint density at radius 1 is 1.09 bits per heavy atom. The third-order valence-electron chi connectivity index (χ3n) is 5.42. The van der Waals surface area contributed by atoms with Crippen LogP contribution in [-0.4, -0.2) is 42.8 Å². The van der Waals surface area contributed by atoms with Crippen molar-refractivity contribution in [1.82, 2.24) is 5.32 Å². The molecule has 1 heterocycles. The number of Topliss-reactive ketones (excluding diaryl/α,β-unsaturated/α-hetero) is 1. The van der Waals surface area contributed by atoms with Crippen molar-refractivity contribution in [3.63, 3.8) is 0 Å². The fourth-order valence-corrected chi connectivity index (χ4v) is 3.23. The van der Waals surface area contributed by atoms with Gasteiger partial charge < -0.3 is 10.1 Å². The number of imide groups is 1. The van der Waals surface area contributed by atoms with Crippen molar-refractivity contribution >= 4 is 29.3 Å². The minimum atomic E-state index is -0.723. The molecule has 1 N–H and O–H groups in total. The molecule has 7 nitrogen and oxygen atoms in total. The number of carbonyl (C=O) groups is 4. The summed E-state index contributed by atoms with van der Waals surface area (Å²) >= 11 is 0. The molecule has 0 saturated carbocycles. The molecule has 1 saturated heterocycles. The standard InChI is InChI=1S/C24H25FN2O5/c1-3-15(2)13-26-20-12-22(29)27(23(20)30)19-10-6-17(7-11-19)24(31)32-14-21(28)16-4-8-18(25)9-5-16/h4-11,15,20,26H,3,12-14H2,1-2H3. The number of ketones is 1. The first-order valence-electron chi connectivity index (χ1n) is 10.5. The highest BCUT2D eigenvalue weighted by atomic mass is 19.1. The van der Waals surface area contributed by atoms with Crippen LogP contribution in [0, 0.1) is 11.7 Å². The zero-order valence-corrected chi connectivity index (χ0v) is 18.0. The summed E-state index contributed by atoms with van der Waals surface area (Å²) in [6.07, 6.45) is 1.06. The number of esters is 1. The highest BCUT2D eigenvalue weighted by Crippen LogP contribution is 2.24. The molecule has 1 fully saturated rings. The average Bonchev–Trinajstić information content (AvgIpc) is 3.09. The van der Waals surface area contributed by atoms with E-state index in [0.717, 1.165) is 23.5 Å². The van der Waals surface area contributed by atoms with Crippen LogP contribution >= 0.6 is 0 Å². The molecule has 0 bridgehead atoms. The number of hydrogen-bond acceptors (Lipinski definition) is 6. The Labute approximate surface area is 185 Å². The highest BCUT2D eigenvalue weighted by Gasteiger charge is 2.39. The number of benzene rings is 2. The molecule has 1 aliphatic heterocycles. The molecular formula is C24H25FN2O5. The molecule has 0 aromatic heterocycles. The maximum Gasteiger partial charge on any atom is 0.338 e. The second-order valence-corrected chi connectivity index (χ2v) is 7.80. The molecule has 32 heavy (non-hydrogen) atoms. The summed E-state index contributed by atoms with van der Waals surface area (Å²) < 4.78 is 18.0. The monoisotopic (exact) mass is 440 g/mol. The molecule has 2 aromatic carbocycles. The van der Waals surface area contributed by atoms with Crippen LogP contribution in [0.2, 0.25) is 0 Å². The van der Waals surface area contributed by atoms with E-state index >= 15 is 0 Å². The van der Waals surface area contributed by atoms with Crippen molar-refractivity contribution < 1.29 is 28.3 Å². The minimum Gasteiger partial charge on any atom is -0.454 e. The number of ether oxygens (including phenoxy) is 1. The number of rotatable bonds is 9. The van der Waals surface area contributed by atoms with Crippen LogP contribution in [0.1, 0.15) is 47.4 Å². The van der Waals surface area contributed by atoms with Gasteiger partial charge in [-0.3, -0.25) is 14.4 Å². The summed E-state index contributed by atoms with van der Waals surface area (Å²) in [5.74, 6) is -1.88. The second-order valence-electron chi connectivity index (χ2n) is 7.80. The van der Waals surface area contributed by atoms with Crippen LogP contribution in [0.15, 0.2) is 48.5 Å². The largest absolute Gasteiger partial charge is 0.454 e. The zero-order valence-electron chi connectivity index (χ0n) is 18.0. The summed E-state index contributed by atoms with van der Waals surface area (Å²) in [6, 6.07) is 10.2. The van der Waals surface area contributed by atoms with E-state index in [2.05, 4.69) is 19.2 Å². The van der Waals surface area contributed by atoms with Gasteiger partial charge in [-0.05, 0) is 61.0 Å². The first kappa shape index (κ1) is 23.3. The summed E-state index contributed by atoms with van der Waals surface area (Å²) in [4.78, 5) is 50.4. The Bertz CT molecular complexity index is 1000. The molecule has 168 valence electrons. The molecule has 0 spiro atoms. The third-order valence-corrected chi connectivity index (χ3v) is 5.42. The van der Waals surface area contributed by atoms with Crippen LogP contribution < -0.4 is 10.2 Å². The van der Waals surface area contributed by atoms with Gasteiger partial charge in [0.1, 0.15) is 5.82 Å². The van der Waals surface area contributed by atoms with E-state index in [0.29, 0.717) is 18.2 Å². The van der Waals surface area contributed by atoms with E-state index in [9.17, 15) is 23.6 Å². The van der Waals surface area contributed by atoms with Gasteiger partial charge in [0.15, 0.2) is 12.4 Å². The van der Waals surface area contributed by atoms with E-state index < -0.39 is 30.2 Å². The molecule has 8 heteroatoms. The van der Waals surface area contributed by atoms with Crippen molar-refractivity contribution in [1.29, 1.82) is 0 Å². The fourth-order valence-electron chi connectivity index (χ4n) is 3.23. The third kappa shape index (κ3) is 5.45. The van der Waals surface area contributed by atoms with Crippen molar-refractivity contribution in [2.45, 2.75) is 32.7 Å². The van der Waals surface area contributed by atoms with Crippen LogP contribution in [0.4, 0.5) is 10.1 Å². The van der Waals surface area contributed by atoms with E-state index in [1.807, 2.05) is 0 Å². The number of halogens is 1. The predicted molar refractivity (Wildman–Crippen MR) is 116 cm³/mol. The molecule has 2 atom stereocenters. The van der Waals surface area contributed by atoms with E-state index in [1.54, 1.807) is 0 Å². The Hall–Kier alpha value is -3.39. The SMILES string of the molecule is CCC(C)CNC1CC(=O)N(c2ccc(C(=O)OCC(=O)c3ccc(F)cc3)cc2)C1=O. The van der Waals surface area contributed by atoms with Gasteiger partial charge in [0.2, 0.25) is 5.91 Å². The van der Waals surface area contributed by atoms with E-state index in [4.69, 9.17) is 4.74 Å². The van der Waals surface area contributed by atoms with Gasteiger partial charge in [0.25, 0.3) is 5.91 Å². The Kier molecular flexibility index (Phi) is 7.48. The van der Waals surface area contributed by atoms with Gasteiger partial charge >= 0.3 is 5.97 Å². The Morgan fingerprint density at radius 3 is 2.34 bits per heavy atom. The molecule has 0 radical (unpaired) electrons. The van der Waals surface area contributed by atoms with Gasteiger partial charge in [-0.2, -0.15) is 0 Å². The lowest BCUT2D eigenvalue weighted by Gasteiger charge is -2.17. The van der Waals surface area contributed by atoms with Crippen LogP contribution in [0.3, 0.4) is 0 Å². The van der Waals surface area contributed by atoms with Gasteiger partial charge in [-0.15, -0.1) is 0 Å². The first-order valence-corrected chi connectivity index (χ1v) is 10.5. The summed E-state index contributed by atoms with van der Waals surface area (Å²) in [5, 5.41) is 3.15. The smallest absolute Gasteiger partial charge is 0.338 e. The number of amides is 2. The van der Waals surface area contributed by atoms with Crippen molar-refractivity contribution in [3.8, 4) is 0 Å². The van der Waals surface area contributed by atoms with Gasteiger partial charge in [0.05, 0.1) is 23.7 Å². The van der Waals surface area contributed by atoms with Gasteiger partial charge in [0, 0.05) is 5.56 Å². The Balaban J connectivity index is 1.58. The molecule has 0 aliphatic carbocycles. The molecule has 2 unspecified atom stereocenters. The molecule has 1 aliphatic rings. The fraction of sp³-hybridized carbons (Fsp3) is 0.333. The Morgan fingerprint density at radius 2 is 1.72 bits per heavy atom. The molecular weight excluding hydrogens is 415 g/mol. The molecule has 2 amide bonds. The van der Waals surface area contributed by atoms with E-state index in [-0.39, 0.29) is 29.4 Å². The molecule has 3 rings (SSSR count). The topological polar surface area (TPSA) is 92.8 Å². The van der Waals surface area contributed by atoms with E-state index in [1.165, 1.54) is 36.4 Å². The lowest BCUT2D eigenvalue weighted by molar-refractivity contribution is -0.121. The predicted octanol–water partition coefficient (Wildman–Crippen LogP) is 3.13. The lowest BCUT2D eigenvalue weighted by atomic mass is 10.1. The first-order chi connectivity index (χ1) is 15.3. The normalized spacial score (nSPS) is 16.8. The van der Waals surface area contributed by atoms with Crippen molar-refractivity contribution in [3.05, 3.63) is 65.5 Å². The molecule has 2 aromatic rings. The van der Waals surface area contributed by atoms with Gasteiger partial charge in [-0.25, -0.2) is 14.1 Å². The van der Waals surface area contributed by atoms with Crippen LogP contribution in [-0.2, 0) is 14.3 Å². The summed E-state index contributed by atoms with van der Waals surface area (Å²) in [7, 11) is 0. The minimum absolute atomic E-state index is 0.0879. The lowest BCUT2D eigenvalue weighted by Crippen LogP contribution is -2.40. The number of carbonyl (C=O) groups excluding carboxylic acids is 4. The number of nitrogens with zero attached hydrogens (tertiary/aromatic N) is 1. The zero-order chi connectivity index (χ0) is 23.3. The number of anilines is 1. The van der Waals surface area contributed by atoms with Crippen LogP contribution in [0.25, 0.3) is 0 Å². The van der Waals surface area contributed by atoms with Crippen molar-refractivity contribution in [2.24, 2.45) is 5.92 Å². The van der Waals surface area contributed by atoms with Crippen molar-refractivity contribution in [2.75, 3.05) is 18.1 Å². The number of hydrogen-bond donors (Lipinski definition) is 1. The number of nitrogens with one attached hydrogen (secondary N) is 1. The quantitative estimate of drug-likeness (QED) is 0.366. The van der Waals surface area contributed by atoms with Gasteiger partial charge in [-0.1, -0.05) is 20.3 Å².